The number of rotatable bonds is 3. The number of fused-ring (bicyclic) bond motifs is 1. The molecule has 1 amide bonds. The van der Waals surface area contributed by atoms with Crippen LogP contribution in [0.4, 0.5) is 5.69 Å². The third kappa shape index (κ3) is 2.46. The van der Waals surface area contributed by atoms with Crippen molar-refractivity contribution < 1.29 is 4.79 Å². The molecular weight excluding hydrogens is 240 g/mol. The van der Waals surface area contributed by atoms with Crippen molar-refractivity contribution in [3.05, 3.63) is 24.0 Å². The van der Waals surface area contributed by atoms with Crippen LogP contribution in [-0.2, 0) is 11.2 Å². The van der Waals surface area contributed by atoms with Gasteiger partial charge in [-0.1, -0.05) is 6.92 Å². The Labute approximate surface area is 111 Å². The number of amides is 1. The van der Waals surface area contributed by atoms with Crippen molar-refractivity contribution in [2.45, 2.75) is 32.2 Å². The van der Waals surface area contributed by atoms with E-state index in [9.17, 15) is 4.79 Å². The Balaban J connectivity index is 1.78. The molecule has 1 aromatic heterocycles. The first kappa shape index (κ1) is 12.2. The van der Waals surface area contributed by atoms with Crippen molar-refractivity contribution in [1.82, 2.24) is 15.3 Å². The Hall–Kier alpha value is -1.88. The zero-order valence-electron chi connectivity index (χ0n) is 11.0. The van der Waals surface area contributed by atoms with Crippen LogP contribution >= 0.6 is 0 Å². The predicted molar refractivity (Wildman–Crippen MR) is 75.1 cm³/mol. The predicted octanol–water partition coefficient (Wildman–Crippen LogP) is 1.82. The molecule has 1 unspecified atom stereocenters. The summed E-state index contributed by atoms with van der Waals surface area (Å²) < 4.78 is 0. The van der Waals surface area contributed by atoms with Gasteiger partial charge >= 0.3 is 0 Å². The first-order chi connectivity index (χ1) is 9.26. The second-order valence-corrected chi connectivity index (χ2v) is 4.91. The van der Waals surface area contributed by atoms with E-state index in [0.717, 1.165) is 48.4 Å². The van der Waals surface area contributed by atoms with Gasteiger partial charge in [0.15, 0.2) is 0 Å². The summed E-state index contributed by atoms with van der Waals surface area (Å²) in [7, 11) is 0. The number of H-pyrrole nitrogens is 1. The van der Waals surface area contributed by atoms with Crippen molar-refractivity contribution in [2.24, 2.45) is 0 Å². The molecule has 1 aromatic carbocycles. The van der Waals surface area contributed by atoms with Crippen LogP contribution in [0.2, 0.25) is 0 Å². The Bertz CT molecular complexity index is 599. The summed E-state index contributed by atoms with van der Waals surface area (Å²) in [5.41, 5.74) is 2.72. The van der Waals surface area contributed by atoms with E-state index >= 15 is 0 Å². The third-order valence-corrected chi connectivity index (χ3v) is 3.51. The fourth-order valence-corrected chi connectivity index (χ4v) is 2.45. The van der Waals surface area contributed by atoms with E-state index in [4.69, 9.17) is 0 Å². The third-order valence-electron chi connectivity index (χ3n) is 3.51. The SMILES string of the molecule is CCc1nc2ccc(NC(=O)C3CCCN3)cc2[nH]1. The molecule has 1 saturated heterocycles. The number of hydrogen-bond donors (Lipinski definition) is 3. The summed E-state index contributed by atoms with van der Waals surface area (Å²) in [5, 5.41) is 6.15. The summed E-state index contributed by atoms with van der Waals surface area (Å²) >= 11 is 0. The molecular formula is C14H18N4O. The highest BCUT2D eigenvalue weighted by Gasteiger charge is 2.21. The maximum Gasteiger partial charge on any atom is 0.241 e. The lowest BCUT2D eigenvalue weighted by Crippen LogP contribution is -2.35. The largest absolute Gasteiger partial charge is 0.342 e. The topological polar surface area (TPSA) is 69.8 Å². The normalized spacial score (nSPS) is 18.9. The summed E-state index contributed by atoms with van der Waals surface area (Å²) in [6.45, 7) is 2.99. The van der Waals surface area contributed by atoms with Crippen LogP contribution in [0.1, 0.15) is 25.6 Å². The Morgan fingerprint density at radius 3 is 3.16 bits per heavy atom. The molecule has 2 aromatic rings. The molecule has 0 aliphatic carbocycles. The van der Waals surface area contributed by atoms with Crippen molar-refractivity contribution in [2.75, 3.05) is 11.9 Å². The molecule has 19 heavy (non-hydrogen) atoms. The van der Waals surface area contributed by atoms with Crippen molar-refractivity contribution >= 4 is 22.6 Å². The molecule has 0 radical (unpaired) electrons. The summed E-state index contributed by atoms with van der Waals surface area (Å²) in [5.74, 6) is 1.02. The van der Waals surface area contributed by atoms with Crippen molar-refractivity contribution in [3.63, 3.8) is 0 Å². The first-order valence-corrected chi connectivity index (χ1v) is 6.79. The Morgan fingerprint density at radius 1 is 1.53 bits per heavy atom. The molecule has 5 nitrogen and oxygen atoms in total. The van der Waals surface area contributed by atoms with E-state index in [1.165, 1.54) is 0 Å². The van der Waals surface area contributed by atoms with Crippen molar-refractivity contribution in [1.29, 1.82) is 0 Å². The zero-order chi connectivity index (χ0) is 13.2. The Morgan fingerprint density at radius 2 is 2.42 bits per heavy atom. The van der Waals surface area contributed by atoms with Gasteiger partial charge in [0, 0.05) is 12.1 Å². The van der Waals surface area contributed by atoms with E-state index in [-0.39, 0.29) is 11.9 Å². The minimum atomic E-state index is -0.0522. The first-order valence-electron chi connectivity index (χ1n) is 6.79. The van der Waals surface area contributed by atoms with E-state index in [1.54, 1.807) is 0 Å². The van der Waals surface area contributed by atoms with E-state index in [0.29, 0.717) is 0 Å². The lowest BCUT2D eigenvalue weighted by molar-refractivity contribution is -0.117. The standard InChI is InChI=1S/C14H18N4O/c1-2-13-17-10-6-5-9(8-12(10)18-13)16-14(19)11-4-3-7-15-11/h5-6,8,11,15H,2-4,7H2,1H3,(H,16,19)(H,17,18). The lowest BCUT2D eigenvalue weighted by Gasteiger charge is -2.10. The van der Waals surface area contributed by atoms with Gasteiger partial charge in [-0.3, -0.25) is 4.79 Å². The van der Waals surface area contributed by atoms with Gasteiger partial charge in [-0.15, -0.1) is 0 Å². The summed E-state index contributed by atoms with van der Waals surface area (Å²) in [6.07, 6.45) is 2.86. The molecule has 1 aliphatic heterocycles. The van der Waals surface area contributed by atoms with Gasteiger partial charge in [-0.05, 0) is 37.6 Å². The number of imidazole rings is 1. The highest BCUT2D eigenvalue weighted by Crippen LogP contribution is 2.18. The van der Waals surface area contributed by atoms with Crippen LogP contribution in [0.3, 0.4) is 0 Å². The average Bonchev–Trinajstić information content (AvgIpc) is 3.07. The Kier molecular flexibility index (Phi) is 3.21. The maximum atomic E-state index is 12.0. The van der Waals surface area contributed by atoms with E-state index < -0.39 is 0 Å². The molecule has 100 valence electrons. The van der Waals surface area contributed by atoms with E-state index in [2.05, 4.69) is 27.5 Å². The minimum Gasteiger partial charge on any atom is -0.342 e. The van der Waals surface area contributed by atoms with Crippen LogP contribution in [0.15, 0.2) is 18.2 Å². The molecule has 0 bridgehead atoms. The van der Waals surface area contributed by atoms with Gasteiger partial charge < -0.3 is 15.6 Å². The molecule has 0 spiro atoms. The smallest absolute Gasteiger partial charge is 0.241 e. The van der Waals surface area contributed by atoms with Crippen LogP contribution < -0.4 is 10.6 Å². The number of carbonyl (C=O) groups excluding carboxylic acids is 1. The highest BCUT2D eigenvalue weighted by molar-refractivity contribution is 5.96. The average molecular weight is 258 g/mol. The van der Waals surface area contributed by atoms with Gasteiger partial charge in [-0.2, -0.15) is 0 Å². The van der Waals surface area contributed by atoms with Gasteiger partial charge in [-0.25, -0.2) is 4.98 Å². The number of aromatic nitrogens is 2. The second kappa shape index (κ2) is 5.01. The number of benzene rings is 1. The molecule has 1 aliphatic rings. The van der Waals surface area contributed by atoms with Crippen molar-refractivity contribution in [3.8, 4) is 0 Å². The van der Waals surface area contributed by atoms with E-state index in [1.807, 2.05) is 18.2 Å². The number of nitrogens with zero attached hydrogens (tertiary/aromatic N) is 1. The van der Waals surface area contributed by atoms with Crippen LogP contribution in [0.5, 0.6) is 0 Å². The number of aromatic amines is 1. The number of aryl methyl sites for hydroxylation is 1. The summed E-state index contributed by atoms with van der Waals surface area (Å²) in [6, 6.07) is 5.72. The lowest BCUT2D eigenvalue weighted by atomic mass is 10.2. The molecule has 5 heteroatoms. The fraction of sp³-hybridized carbons (Fsp3) is 0.429. The monoisotopic (exact) mass is 258 g/mol. The van der Waals surface area contributed by atoms with Gasteiger partial charge in [0.25, 0.3) is 0 Å². The van der Waals surface area contributed by atoms with Crippen LogP contribution in [0.25, 0.3) is 11.0 Å². The fourth-order valence-electron chi connectivity index (χ4n) is 2.45. The highest BCUT2D eigenvalue weighted by atomic mass is 16.2. The summed E-state index contributed by atoms with van der Waals surface area (Å²) in [4.78, 5) is 19.7. The minimum absolute atomic E-state index is 0.0482. The van der Waals surface area contributed by atoms with Gasteiger partial charge in [0.1, 0.15) is 5.82 Å². The molecule has 2 heterocycles. The number of anilines is 1. The van der Waals surface area contributed by atoms with Gasteiger partial charge in [0.05, 0.1) is 17.1 Å². The quantitative estimate of drug-likeness (QED) is 0.786. The molecule has 1 atom stereocenters. The molecule has 1 fully saturated rings. The molecule has 3 N–H and O–H groups in total. The number of carbonyl (C=O) groups is 1. The second-order valence-electron chi connectivity index (χ2n) is 4.91. The number of hydrogen-bond acceptors (Lipinski definition) is 3. The number of nitrogens with one attached hydrogen (secondary N) is 3. The van der Waals surface area contributed by atoms with Gasteiger partial charge in [0.2, 0.25) is 5.91 Å². The van der Waals surface area contributed by atoms with Crippen LogP contribution in [-0.4, -0.2) is 28.5 Å². The zero-order valence-corrected chi connectivity index (χ0v) is 11.0. The van der Waals surface area contributed by atoms with Crippen LogP contribution in [0, 0.1) is 0 Å². The molecule has 0 saturated carbocycles. The maximum absolute atomic E-state index is 12.0. The molecule has 3 rings (SSSR count).